The first-order valence-corrected chi connectivity index (χ1v) is 16.2. The Kier molecular flexibility index (Phi) is 12.5. The van der Waals surface area contributed by atoms with Gasteiger partial charge in [0.05, 0.1) is 17.5 Å². The van der Waals surface area contributed by atoms with E-state index in [9.17, 15) is 26.8 Å². The summed E-state index contributed by atoms with van der Waals surface area (Å²) in [7, 11) is -3.35. The lowest BCUT2D eigenvalue weighted by atomic mass is 10.0. The van der Waals surface area contributed by atoms with Crippen molar-refractivity contribution in [2.45, 2.75) is 45.2 Å². The van der Waals surface area contributed by atoms with E-state index >= 15 is 0 Å². The summed E-state index contributed by atoms with van der Waals surface area (Å²) in [5.74, 6) is -1.89. The average Bonchev–Trinajstić information content (AvgIpc) is 2.96. The maximum Gasteiger partial charge on any atom is 0.322 e. The fourth-order valence-corrected chi connectivity index (χ4v) is 5.61. The number of hydrogen-bond donors (Lipinski definition) is 3. The third kappa shape index (κ3) is 10.3. The number of sulfonamides is 1. The minimum absolute atomic E-state index is 0. The summed E-state index contributed by atoms with van der Waals surface area (Å²) >= 11 is 0. The number of carbonyl (C=O) groups is 2. The highest BCUT2D eigenvalue weighted by atomic mass is 35.5. The van der Waals surface area contributed by atoms with Crippen LogP contribution in [0.15, 0.2) is 60.7 Å². The first-order valence-electron chi connectivity index (χ1n) is 14.4. The van der Waals surface area contributed by atoms with Crippen molar-refractivity contribution in [2.24, 2.45) is 5.73 Å². The molecule has 1 saturated heterocycles. The number of rotatable bonds is 12. The Morgan fingerprint density at radius 1 is 1.00 bits per heavy atom. The molecule has 3 aromatic rings. The molecule has 4 rings (SSSR count). The van der Waals surface area contributed by atoms with Crippen molar-refractivity contribution in [3.63, 3.8) is 0 Å². The van der Waals surface area contributed by atoms with Crippen molar-refractivity contribution in [2.75, 3.05) is 35.9 Å². The number of amides is 3. The maximum absolute atomic E-state index is 14.4. The third-order valence-electron chi connectivity index (χ3n) is 7.30. The van der Waals surface area contributed by atoms with Crippen LogP contribution in [0.1, 0.15) is 48.5 Å². The van der Waals surface area contributed by atoms with Crippen LogP contribution in [0.2, 0.25) is 0 Å². The summed E-state index contributed by atoms with van der Waals surface area (Å²) < 4.78 is 59.3. The lowest BCUT2D eigenvalue weighted by Crippen LogP contribution is -2.49. The van der Waals surface area contributed by atoms with Gasteiger partial charge in [0, 0.05) is 44.0 Å². The van der Waals surface area contributed by atoms with Gasteiger partial charge < -0.3 is 20.7 Å². The van der Waals surface area contributed by atoms with Crippen LogP contribution in [-0.4, -0.2) is 62.1 Å². The van der Waals surface area contributed by atoms with Crippen molar-refractivity contribution >= 4 is 45.7 Å². The lowest BCUT2D eigenvalue weighted by molar-refractivity contribution is 0.0996. The predicted octanol–water partition coefficient (Wildman–Crippen LogP) is 5.95. The lowest BCUT2D eigenvalue weighted by Gasteiger charge is -2.38. The van der Waals surface area contributed by atoms with Gasteiger partial charge in [-0.2, -0.15) is 0 Å². The number of anilines is 2. The van der Waals surface area contributed by atoms with Crippen molar-refractivity contribution in [3.05, 3.63) is 83.4 Å². The first kappa shape index (κ1) is 35.5. The van der Waals surface area contributed by atoms with Gasteiger partial charge in [-0.15, -0.1) is 12.4 Å². The number of ether oxygens (including phenoxy) is 1. The molecule has 4 N–H and O–H groups in total. The number of nitrogens with one attached hydrogen (secondary N) is 2. The van der Waals surface area contributed by atoms with Crippen molar-refractivity contribution < 1.29 is 31.5 Å². The van der Waals surface area contributed by atoms with E-state index in [0.717, 1.165) is 63.2 Å². The van der Waals surface area contributed by atoms with Crippen molar-refractivity contribution in [3.8, 4) is 11.5 Å². The van der Waals surface area contributed by atoms with Crippen LogP contribution in [0.5, 0.6) is 11.5 Å². The van der Waals surface area contributed by atoms with E-state index in [-0.39, 0.29) is 24.1 Å². The molecule has 0 aromatic heterocycles. The highest BCUT2D eigenvalue weighted by Gasteiger charge is 2.28. The fraction of sp³-hybridized carbons (Fsp3) is 0.355. The number of benzene rings is 3. The fourth-order valence-electron chi connectivity index (χ4n) is 5.05. The molecule has 14 heteroatoms. The predicted molar refractivity (Wildman–Crippen MR) is 172 cm³/mol. The molecule has 244 valence electrons. The summed E-state index contributed by atoms with van der Waals surface area (Å²) in [6.45, 7) is 4.73. The Bertz CT molecular complexity index is 1570. The normalized spacial score (nSPS) is 13.9. The smallest absolute Gasteiger partial charge is 0.322 e. The highest BCUT2D eigenvalue weighted by Crippen LogP contribution is 2.26. The second-order valence-corrected chi connectivity index (χ2v) is 12.6. The number of nitrogens with zero attached hydrogens (tertiary/aromatic N) is 2. The monoisotopic (exact) mass is 665 g/mol. The minimum atomic E-state index is -3.35. The Labute approximate surface area is 268 Å². The topological polar surface area (TPSA) is 134 Å². The summed E-state index contributed by atoms with van der Waals surface area (Å²) in [4.78, 5) is 28.7. The van der Waals surface area contributed by atoms with Gasteiger partial charge in [-0.05, 0) is 67.3 Å². The summed E-state index contributed by atoms with van der Waals surface area (Å²) in [6, 6.07) is 15.2. The Hall–Kier alpha value is -3.94. The zero-order valence-corrected chi connectivity index (χ0v) is 26.7. The molecular formula is C31H38ClF2N5O5S. The number of primary amides is 1. The number of piperidine rings is 1. The molecular weight excluding hydrogens is 628 g/mol. The molecule has 0 bridgehead atoms. The van der Waals surface area contributed by atoms with Crippen molar-refractivity contribution in [1.29, 1.82) is 0 Å². The van der Waals surface area contributed by atoms with E-state index in [0.29, 0.717) is 29.8 Å². The standard InChI is InChI=1S/C31H37F2N5O5S.ClH/c1-3-4-15-38(31(40)35-29-18-26(30(34)39)27(32)19-28(29)33)23-13-16-37(17-14-23)20-21-5-9-24(10-6-21)43-25-11-7-22(8-12-25)36-44(2,41)42;/h5-12,18-19,23,36H,3-4,13-17,20H2,1-2H3,(H2,34,39)(H,35,40);1H. The summed E-state index contributed by atoms with van der Waals surface area (Å²) in [5, 5.41) is 2.51. The van der Waals surface area contributed by atoms with Crippen molar-refractivity contribution in [1.82, 2.24) is 9.80 Å². The molecule has 0 saturated carbocycles. The second-order valence-electron chi connectivity index (χ2n) is 10.8. The van der Waals surface area contributed by atoms with E-state index in [1.54, 1.807) is 29.2 Å². The van der Waals surface area contributed by atoms with Crippen LogP contribution in [0.4, 0.5) is 25.0 Å². The molecule has 0 spiro atoms. The largest absolute Gasteiger partial charge is 0.457 e. The maximum atomic E-state index is 14.4. The molecule has 10 nitrogen and oxygen atoms in total. The Morgan fingerprint density at radius 3 is 2.16 bits per heavy atom. The number of hydrogen-bond acceptors (Lipinski definition) is 6. The number of halogens is 3. The van der Waals surface area contributed by atoms with E-state index in [4.69, 9.17) is 10.5 Å². The van der Waals surface area contributed by atoms with Gasteiger partial charge in [-0.3, -0.25) is 14.4 Å². The van der Waals surface area contributed by atoms with Gasteiger partial charge in [-0.1, -0.05) is 25.5 Å². The highest BCUT2D eigenvalue weighted by molar-refractivity contribution is 7.92. The number of carbonyl (C=O) groups excluding carboxylic acids is 2. The van der Waals surface area contributed by atoms with Crippen LogP contribution < -0.4 is 20.5 Å². The zero-order chi connectivity index (χ0) is 31.9. The minimum Gasteiger partial charge on any atom is -0.457 e. The van der Waals surface area contributed by atoms with Gasteiger partial charge in [0.1, 0.15) is 23.1 Å². The molecule has 0 atom stereocenters. The number of unbranched alkanes of at least 4 members (excludes halogenated alkanes) is 1. The van der Waals surface area contributed by atoms with E-state index in [1.807, 2.05) is 31.2 Å². The molecule has 1 fully saturated rings. The molecule has 0 aliphatic carbocycles. The van der Waals surface area contributed by atoms with E-state index in [1.165, 1.54) is 0 Å². The van der Waals surface area contributed by atoms with Crippen LogP contribution in [0, 0.1) is 11.6 Å². The van der Waals surface area contributed by atoms with Crippen LogP contribution >= 0.6 is 12.4 Å². The van der Waals surface area contributed by atoms with Crippen LogP contribution in [0.25, 0.3) is 0 Å². The molecule has 0 unspecified atom stereocenters. The SMILES string of the molecule is CCCCN(C(=O)Nc1cc(C(N)=O)c(F)cc1F)C1CCN(Cc2ccc(Oc3ccc(NS(C)(=O)=O)cc3)cc2)CC1.Cl. The summed E-state index contributed by atoms with van der Waals surface area (Å²) in [5.41, 5.74) is 5.94. The molecule has 0 radical (unpaired) electrons. The number of urea groups is 1. The molecule has 1 aliphatic rings. The quantitative estimate of drug-likeness (QED) is 0.219. The van der Waals surface area contributed by atoms with E-state index < -0.39 is 39.2 Å². The number of nitrogens with two attached hydrogens (primary N) is 1. The Balaban J connectivity index is 0.00000552. The van der Waals surface area contributed by atoms with Gasteiger partial charge in [0.15, 0.2) is 0 Å². The summed E-state index contributed by atoms with van der Waals surface area (Å²) in [6.07, 6.45) is 4.17. The first-order chi connectivity index (χ1) is 20.9. The zero-order valence-electron chi connectivity index (χ0n) is 25.1. The molecule has 3 aromatic carbocycles. The molecule has 3 amide bonds. The second kappa shape index (κ2) is 15.9. The van der Waals surface area contributed by atoms with Gasteiger partial charge in [0.2, 0.25) is 10.0 Å². The van der Waals surface area contributed by atoms with Gasteiger partial charge in [0.25, 0.3) is 5.91 Å². The molecule has 1 heterocycles. The average molecular weight is 666 g/mol. The number of likely N-dealkylation sites (tertiary alicyclic amines) is 1. The van der Waals surface area contributed by atoms with E-state index in [2.05, 4.69) is 14.9 Å². The van der Waals surface area contributed by atoms with Gasteiger partial charge in [-0.25, -0.2) is 22.0 Å². The van der Waals surface area contributed by atoms with Gasteiger partial charge >= 0.3 is 6.03 Å². The third-order valence-corrected chi connectivity index (χ3v) is 7.90. The van der Waals surface area contributed by atoms with Crippen LogP contribution in [-0.2, 0) is 16.6 Å². The van der Waals surface area contributed by atoms with Crippen LogP contribution in [0.3, 0.4) is 0 Å². The molecule has 45 heavy (non-hydrogen) atoms. The Morgan fingerprint density at radius 2 is 1.60 bits per heavy atom. The molecule has 1 aliphatic heterocycles.